The normalized spacial score (nSPS) is 10.8. The van der Waals surface area contributed by atoms with Crippen molar-refractivity contribution in [1.29, 1.82) is 0 Å². The lowest BCUT2D eigenvalue weighted by molar-refractivity contribution is -0.128. The third-order valence-electron chi connectivity index (χ3n) is 3.29. The SMILES string of the molecule is CNC(=O)C(C)(C)CNC(=O)c1ccc(NC)cc1C. The van der Waals surface area contributed by atoms with Crippen LogP contribution in [0.2, 0.25) is 0 Å². The van der Waals surface area contributed by atoms with Crippen molar-refractivity contribution in [2.75, 3.05) is 26.0 Å². The van der Waals surface area contributed by atoms with E-state index in [2.05, 4.69) is 16.0 Å². The Balaban J connectivity index is 2.75. The summed E-state index contributed by atoms with van der Waals surface area (Å²) in [7, 11) is 3.42. The molecule has 5 nitrogen and oxygen atoms in total. The van der Waals surface area contributed by atoms with E-state index in [9.17, 15) is 9.59 Å². The standard InChI is InChI=1S/C15H23N3O2/c1-10-8-11(16-4)6-7-12(10)13(19)18-9-15(2,3)14(20)17-5/h6-8,16H,9H2,1-5H3,(H,17,20)(H,18,19). The van der Waals surface area contributed by atoms with Crippen LogP contribution in [0, 0.1) is 12.3 Å². The van der Waals surface area contributed by atoms with Gasteiger partial charge < -0.3 is 16.0 Å². The number of amides is 2. The average molecular weight is 277 g/mol. The van der Waals surface area contributed by atoms with Crippen molar-refractivity contribution in [2.24, 2.45) is 5.41 Å². The van der Waals surface area contributed by atoms with Crippen LogP contribution < -0.4 is 16.0 Å². The highest BCUT2D eigenvalue weighted by Gasteiger charge is 2.27. The molecule has 2 amide bonds. The van der Waals surface area contributed by atoms with E-state index in [1.54, 1.807) is 27.0 Å². The van der Waals surface area contributed by atoms with E-state index in [0.717, 1.165) is 11.3 Å². The molecule has 0 saturated heterocycles. The molecule has 0 aromatic heterocycles. The van der Waals surface area contributed by atoms with Crippen LogP contribution in [0.15, 0.2) is 18.2 Å². The summed E-state index contributed by atoms with van der Waals surface area (Å²) < 4.78 is 0. The Morgan fingerprint density at radius 3 is 2.35 bits per heavy atom. The quantitative estimate of drug-likeness (QED) is 0.764. The zero-order valence-corrected chi connectivity index (χ0v) is 12.8. The molecule has 3 N–H and O–H groups in total. The summed E-state index contributed by atoms with van der Waals surface area (Å²) in [5.41, 5.74) is 1.84. The van der Waals surface area contributed by atoms with Crippen molar-refractivity contribution in [3.63, 3.8) is 0 Å². The molecule has 0 radical (unpaired) electrons. The van der Waals surface area contributed by atoms with Gasteiger partial charge in [0.05, 0.1) is 5.41 Å². The van der Waals surface area contributed by atoms with Crippen LogP contribution in [-0.4, -0.2) is 32.5 Å². The van der Waals surface area contributed by atoms with Crippen LogP contribution in [0.4, 0.5) is 5.69 Å². The van der Waals surface area contributed by atoms with Crippen LogP contribution in [0.3, 0.4) is 0 Å². The van der Waals surface area contributed by atoms with E-state index in [-0.39, 0.29) is 11.8 Å². The Bertz CT molecular complexity index is 510. The number of carbonyl (C=O) groups is 2. The molecule has 1 rings (SSSR count). The van der Waals surface area contributed by atoms with Gasteiger partial charge in [0.2, 0.25) is 5.91 Å². The number of benzene rings is 1. The van der Waals surface area contributed by atoms with Gasteiger partial charge in [0.15, 0.2) is 0 Å². The Labute approximate surface area is 120 Å². The first-order valence-corrected chi connectivity index (χ1v) is 6.60. The highest BCUT2D eigenvalue weighted by Crippen LogP contribution is 2.16. The number of anilines is 1. The predicted molar refractivity (Wildman–Crippen MR) is 80.9 cm³/mol. The Morgan fingerprint density at radius 1 is 1.20 bits per heavy atom. The van der Waals surface area contributed by atoms with Gasteiger partial charge >= 0.3 is 0 Å². The van der Waals surface area contributed by atoms with Gasteiger partial charge in [-0.25, -0.2) is 0 Å². The summed E-state index contributed by atoms with van der Waals surface area (Å²) in [5.74, 6) is -0.262. The topological polar surface area (TPSA) is 70.2 Å². The molecule has 1 aromatic rings. The Morgan fingerprint density at radius 2 is 1.85 bits per heavy atom. The summed E-state index contributed by atoms with van der Waals surface area (Å²) in [6.45, 7) is 5.77. The number of nitrogens with one attached hydrogen (secondary N) is 3. The molecule has 0 heterocycles. The molecule has 0 saturated carbocycles. The van der Waals surface area contributed by atoms with Crippen molar-refractivity contribution in [3.05, 3.63) is 29.3 Å². The van der Waals surface area contributed by atoms with Gasteiger partial charge in [-0.2, -0.15) is 0 Å². The van der Waals surface area contributed by atoms with Gasteiger partial charge in [0, 0.05) is 31.9 Å². The molecule has 1 aromatic carbocycles. The predicted octanol–water partition coefficient (Wildman–Crippen LogP) is 1.54. The van der Waals surface area contributed by atoms with Crippen LogP contribution in [0.5, 0.6) is 0 Å². The fourth-order valence-corrected chi connectivity index (χ4v) is 1.89. The van der Waals surface area contributed by atoms with Crippen LogP contribution in [0.1, 0.15) is 29.8 Å². The Kier molecular flexibility index (Phi) is 5.13. The second-order valence-electron chi connectivity index (χ2n) is 5.43. The zero-order chi connectivity index (χ0) is 15.3. The molecular formula is C15H23N3O2. The maximum atomic E-state index is 12.2. The van der Waals surface area contributed by atoms with E-state index in [1.807, 2.05) is 26.1 Å². The smallest absolute Gasteiger partial charge is 0.251 e. The van der Waals surface area contributed by atoms with Gasteiger partial charge in [-0.1, -0.05) is 0 Å². The molecular weight excluding hydrogens is 254 g/mol. The molecule has 0 unspecified atom stereocenters. The van der Waals surface area contributed by atoms with E-state index in [1.165, 1.54) is 0 Å². The van der Waals surface area contributed by atoms with Crippen LogP contribution >= 0.6 is 0 Å². The van der Waals surface area contributed by atoms with Crippen molar-refractivity contribution in [1.82, 2.24) is 10.6 Å². The number of rotatable bonds is 5. The van der Waals surface area contributed by atoms with Crippen LogP contribution in [-0.2, 0) is 4.79 Å². The molecule has 0 aliphatic rings. The largest absolute Gasteiger partial charge is 0.388 e. The lowest BCUT2D eigenvalue weighted by Crippen LogP contribution is -2.43. The minimum absolute atomic E-state index is 0.0972. The van der Waals surface area contributed by atoms with E-state index < -0.39 is 5.41 Å². The number of hydrogen-bond acceptors (Lipinski definition) is 3. The van der Waals surface area contributed by atoms with Crippen molar-refractivity contribution >= 4 is 17.5 Å². The maximum absolute atomic E-state index is 12.2. The molecule has 0 aliphatic carbocycles. The van der Waals surface area contributed by atoms with Gasteiger partial charge in [0.25, 0.3) is 5.91 Å². The second-order valence-corrected chi connectivity index (χ2v) is 5.43. The monoisotopic (exact) mass is 277 g/mol. The molecule has 0 bridgehead atoms. The van der Waals surface area contributed by atoms with Crippen molar-refractivity contribution < 1.29 is 9.59 Å². The number of aryl methyl sites for hydroxylation is 1. The molecule has 20 heavy (non-hydrogen) atoms. The van der Waals surface area contributed by atoms with E-state index in [0.29, 0.717) is 12.1 Å². The van der Waals surface area contributed by atoms with E-state index in [4.69, 9.17) is 0 Å². The first kappa shape index (κ1) is 16.0. The van der Waals surface area contributed by atoms with Crippen molar-refractivity contribution in [2.45, 2.75) is 20.8 Å². The lowest BCUT2D eigenvalue weighted by atomic mass is 9.92. The highest BCUT2D eigenvalue weighted by atomic mass is 16.2. The third kappa shape index (κ3) is 3.73. The number of carbonyl (C=O) groups excluding carboxylic acids is 2. The van der Waals surface area contributed by atoms with Gasteiger partial charge in [-0.3, -0.25) is 9.59 Å². The molecule has 5 heteroatoms. The maximum Gasteiger partial charge on any atom is 0.251 e. The minimum atomic E-state index is -0.636. The summed E-state index contributed by atoms with van der Waals surface area (Å²) in [6.07, 6.45) is 0. The highest BCUT2D eigenvalue weighted by molar-refractivity contribution is 5.96. The second kappa shape index (κ2) is 6.41. The van der Waals surface area contributed by atoms with Crippen molar-refractivity contribution in [3.8, 4) is 0 Å². The lowest BCUT2D eigenvalue weighted by Gasteiger charge is -2.23. The first-order valence-electron chi connectivity index (χ1n) is 6.60. The summed E-state index contributed by atoms with van der Waals surface area (Å²) in [4.78, 5) is 23.8. The van der Waals surface area contributed by atoms with Crippen LogP contribution in [0.25, 0.3) is 0 Å². The zero-order valence-electron chi connectivity index (χ0n) is 12.8. The summed E-state index contributed by atoms with van der Waals surface area (Å²) in [5, 5.41) is 8.44. The summed E-state index contributed by atoms with van der Waals surface area (Å²) >= 11 is 0. The summed E-state index contributed by atoms with van der Waals surface area (Å²) in [6, 6.07) is 5.55. The molecule has 0 fully saturated rings. The fraction of sp³-hybridized carbons (Fsp3) is 0.467. The minimum Gasteiger partial charge on any atom is -0.388 e. The molecule has 0 aliphatic heterocycles. The van der Waals surface area contributed by atoms with Gasteiger partial charge in [-0.05, 0) is 44.5 Å². The van der Waals surface area contributed by atoms with Gasteiger partial charge in [0.1, 0.15) is 0 Å². The fourth-order valence-electron chi connectivity index (χ4n) is 1.89. The van der Waals surface area contributed by atoms with E-state index >= 15 is 0 Å². The first-order chi connectivity index (χ1) is 9.31. The molecule has 110 valence electrons. The Hall–Kier alpha value is -2.04. The number of hydrogen-bond donors (Lipinski definition) is 3. The molecule has 0 spiro atoms. The van der Waals surface area contributed by atoms with Gasteiger partial charge in [-0.15, -0.1) is 0 Å². The third-order valence-corrected chi connectivity index (χ3v) is 3.29. The average Bonchev–Trinajstić information content (AvgIpc) is 2.43. The molecule has 0 atom stereocenters.